The fourth-order valence-corrected chi connectivity index (χ4v) is 0. The van der Waals surface area contributed by atoms with Crippen molar-refractivity contribution in [1.29, 1.82) is 0 Å². The molecule has 0 spiro atoms. The van der Waals surface area contributed by atoms with Crippen molar-refractivity contribution < 1.29 is 38.5 Å². The van der Waals surface area contributed by atoms with Crippen LogP contribution in [0.15, 0.2) is 0 Å². The van der Waals surface area contributed by atoms with Crippen LogP contribution in [0.3, 0.4) is 0 Å². The van der Waals surface area contributed by atoms with Gasteiger partial charge in [0.15, 0.2) is 0 Å². The summed E-state index contributed by atoms with van der Waals surface area (Å²) >= 11 is 0. The van der Waals surface area contributed by atoms with Crippen LogP contribution in [0.1, 0.15) is 0 Å². The van der Waals surface area contributed by atoms with Crippen LogP contribution < -0.4 is 31.9 Å². The molecule has 0 aromatic carbocycles. The third-order valence-corrected chi connectivity index (χ3v) is 0. The molecule has 0 rings (SSSR count). The van der Waals surface area contributed by atoms with Gasteiger partial charge < -0.3 is 50.8 Å². The molecule has 0 aromatic heterocycles. The van der Waals surface area contributed by atoms with E-state index < -0.39 is 15.6 Å². The van der Waals surface area contributed by atoms with Gasteiger partial charge in [0, 0.05) is 0 Å². The molecule has 0 unspecified atom stereocenters. The number of phosphoric acid groups is 2. The third-order valence-electron chi connectivity index (χ3n) is 0. The Morgan fingerprint density at radius 2 is 0.769 bits per heavy atom. The van der Waals surface area contributed by atoms with Gasteiger partial charge in [-0.25, -0.2) is 0 Å². The Morgan fingerprint density at radius 1 is 0.769 bits per heavy atom. The number of hydrogen-bond donors (Lipinski definition) is 4. The molecule has 0 aromatic rings. The normalized spacial score (nSPS) is 9.08. The Labute approximate surface area is 89.8 Å². The van der Waals surface area contributed by atoms with Gasteiger partial charge in [0.1, 0.15) is 0 Å². The van der Waals surface area contributed by atoms with Crippen LogP contribution in [0, 0.1) is 0 Å². The Morgan fingerprint density at radius 3 is 0.769 bits per heavy atom. The van der Waals surface area contributed by atoms with Crippen LogP contribution in [-0.2, 0) is 9.13 Å². The summed E-state index contributed by atoms with van der Waals surface area (Å²) in [6, 6.07) is 0. The number of hydrogen-bond acceptors (Lipinski definition) is 6. The van der Waals surface area contributed by atoms with E-state index in [1.807, 2.05) is 0 Å². The first-order valence-corrected chi connectivity index (χ1v) is 4.49. The molecule has 80 valence electrons. The Bertz CT molecular complexity index is 132. The van der Waals surface area contributed by atoms with Crippen molar-refractivity contribution in [2.45, 2.75) is 0 Å². The minimum Gasteiger partial charge on any atom is -0.790 e. The SMILES string of the molecule is O=P([O-])([O-])O.O=P([O-])([O-])O.[Mg+2].[NH4+].[NH4+]. The minimum atomic E-state index is -5.14. The second-order valence-electron chi connectivity index (χ2n) is 0.937. The fraction of sp³-hybridized carbons (Fsp3) is 0. The molecule has 0 atom stereocenters. The van der Waals surface area contributed by atoms with Crippen LogP contribution in [0.2, 0.25) is 0 Å². The molecular formula is H10MgN2O8P2. The maximum absolute atomic E-state index is 8.66. The van der Waals surface area contributed by atoms with E-state index in [0.29, 0.717) is 0 Å². The first-order valence-electron chi connectivity index (χ1n) is 1.50. The molecule has 0 saturated heterocycles. The molecule has 0 aliphatic carbocycles. The molecule has 0 heterocycles. The van der Waals surface area contributed by atoms with Crippen LogP contribution in [0.4, 0.5) is 0 Å². The summed E-state index contributed by atoms with van der Waals surface area (Å²) in [7, 11) is -10.3. The summed E-state index contributed by atoms with van der Waals surface area (Å²) in [5.74, 6) is 0. The van der Waals surface area contributed by atoms with Gasteiger partial charge in [-0.05, 0) is 0 Å². The zero-order valence-electron chi connectivity index (χ0n) is 6.95. The quantitative estimate of drug-likeness (QED) is 0.243. The maximum atomic E-state index is 8.66. The van der Waals surface area contributed by atoms with E-state index in [0.717, 1.165) is 0 Å². The zero-order chi connectivity index (χ0) is 9.00. The summed E-state index contributed by atoms with van der Waals surface area (Å²) in [6.07, 6.45) is 0. The number of rotatable bonds is 0. The molecule has 0 fully saturated rings. The van der Waals surface area contributed by atoms with E-state index in [9.17, 15) is 0 Å². The smallest absolute Gasteiger partial charge is 0.790 e. The second kappa shape index (κ2) is 11.0. The first kappa shape index (κ1) is 29.2. The van der Waals surface area contributed by atoms with Crippen molar-refractivity contribution in [3.05, 3.63) is 0 Å². The summed E-state index contributed by atoms with van der Waals surface area (Å²) < 4.78 is 17.3. The van der Waals surface area contributed by atoms with Crippen molar-refractivity contribution in [2.75, 3.05) is 0 Å². The van der Waals surface area contributed by atoms with E-state index in [2.05, 4.69) is 0 Å². The summed E-state index contributed by atoms with van der Waals surface area (Å²) in [6.45, 7) is 0. The van der Waals surface area contributed by atoms with Crippen LogP contribution in [-0.4, -0.2) is 32.8 Å². The average Bonchev–Trinajstić information content (AvgIpc) is 1.12. The van der Waals surface area contributed by atoms with Crippen LogP contribution in [0.5, 0.6) is 0 Å². The Kier molecular flexibility index (Phi) is 24.7. The van der Waals surface area contributed by atoms with Crippen LogP contribution >= 0.6 is 15.6 Å². The van der Waals surface area contributed by atoms with E-state index in [4.69, 9.17) is 38.5 Å². The molecule has 0 aliphatic heterocycles. The van der Waals surface area contributed by atoms with Gasteiger partial charge in [0.25, 0.3) is 0 Å². The molecule has 0 radical (unpaired) electrons. The summed E-state index contributed by atoms with van der Waals surface area (Å²) in [4.78, 5) is 48.6. The van der Waals surface area contributed by atoms with Gasteiger partial charge in [0.2, 0.25) is 0 Å². The van der Waals surface area contributed by atoms with Crippen molar-refractivity contribution in [2.24, 2.45) is 0 Å². The minimum absolute atomic E-state index is 0. The monoisotopic (exact) mass is 252 g/mol. The van der Waals surface area contributed by atoms with Gasteiger partial charge in [-0.2, -0.15) is 0 Å². The van der Waals surface area contributed by atoms with Crippen molar-refractivity contribution in [3.8, 4) is 0 Å². The van der Waals surface area contributed by atoms with Crippen molar-refractivity contribution in [1.82, 2.24) is 12.3 Å². The van der Waals surface area contributed by atoms with Crippen molar-refractivity contribution in [3.63, 3.8) is 0 Å². The maximum Gasteiger partial charge on any atom is 2.00 e. The molecular weight excluding hydrogens is 242 g/mol. The zero-order valence-corrected chi connectivity index (χ0v) is 10.1. The number of quaternary nitrogens is 2. The molecule has 10 nitrogen and oxygen atoms in total. The predicted molar refractivity (Wildman–Crippen MR) is 37.4 cm³/mol. The van der Waals surface area contributed by atoms with E-state index in [1.54, 1.807) is 0 Å². The van der Waals surface area contributed by atoms with Gasteiger partial charge in [-0.3, -0.25) is 0 Å². The van der Waals surface area contributed by atoms with Crippen LogP contribution in [0.25, 0.3) is 0 Å². The van der Waals surface area contributed by atoms with Gasteiger partial charge in [0.05, 0.1) is 15.6 Å². The van der Waals surface area contributed by atoms with Gasteiger partial charge in [-0.1, -0.05) is 0 Å². The van der Waals surface area contributed by atoms with Gasteiger partial charge in [-0.15, -0.1) is 0 Å². The standard InChI is InChI=1S/Mg.2H3N.2H3O4P/c;;;2*1-5(2,3)4/h;2*1H3;2*(H3,1,2,3,4)/q+2;;;;/p-2. The third kappa shape index (κ3) is 1870. The molecule has 0 saturated carbocycles. The average molecular weight is 252 g/mol. The van der Waals surface area contributed by atoms with E-state index in [-0.39, 0.29) is 35.4 Å². The molecule has 0 bridgehead atoms. The fourth-order valence-electron chi connectivity index (χ4n) is 0. The molecule has 13 heteroatoms. The molecule has 0 aliphatic rings. The van der Waals surface area contributed by atoms with Crippen molar-refractivity contribution >= 4 is 38.7 Å². The Balaban J connectivity index is -0.0000000267. The van der Waals surface area contributed by atoms with Gasteiger partial charge >= 0.3 is 23.1 Å². The molecule has 0 amide bonds. The summed E-state index contributed by atoms with van der Waals surface area (Å²) in [5.41, 5.74) is 0. The molecule has 10 N–H and O–H groups in total. The van der Waals surface area contributed by atoms with E-state index >= 15 is 0 Å². The largest absolute Gasteiger partial charge is 2.00 e. The first-order chi connectivity index (χ1) is 4.00. The predicted octanol–water partition coefficient (Wildman–Crippen LogP) is -4.01. The summed E-state index contributed by atoms with van der Waals surface area (Å²) in [5, 5.41) is 0. The topological polar surface area (TPSA) is 240 Å². The Hall–Kier alpha value is 0.906. The van der Waals surface area contributed by atoms with E-state index in [1.165, 1.54) is 0 Å². The molecule has 13 heavy (non-hydrogen) atoms. The second-order valence-corrected chi connectivity index (χ2v) is 2.81.